The Morgan fingerprint density at radius 3 is 2.50 bits per heavy atom. The lowest BCUT2D eigenvalue weighted by Gasteiger charge is -2.44. The number of nitrogens with zero attached hydrogens (tertiary/aromatic N) is 1. The van der Waals surface area contributed by atoms with Crippen LogP contribution in [0.25, 0.3) is 0 Å². The van der Waals surface area contributed by atoms with Crippen LogP contribution in [0, 0.1) is 5.41 Å². The van der Waals surface area contributed by atoms with Gasteiger partial charge in [0, 0.05) is 6.26 Å². The second-order valence-corrected chi connectivity index (χ2v) is 9.02. The molecule has 8 nitrogen and oxygen atoms in total. The van der Waals surface area contributed by atoms with Crippen molar-refractivity contribution in [1.29, 1.82) is 0 Å². The van der Waals surface area contributed by atoms with Crippen molar-refractivity contribution >= 4 is 27.5 Å². The number of ether oxygens (including phenoxy) is 1. The van der Waals surface area contributed by atoms with Crippen molar-refractivity contribution in [2.75, 3.05) is 13.4 Å². The first-order valence-corrected chi connectivity index (χ1v) is 10.9. The van der Waals surface area contributed by atoms with Crippen LogP contribution in [-0.4, -0.2) is 50.6 Å². The second kappa shape index (κ2) is 8.30. The molecule has 2 N–H and O–H groups in total. The van der Waals surface area contributed by atoms with Gasteiger partial charge >= 0.3 is 11.9 Å². The van der Waals surface area contributed by atoms with Crippen LogP contribution < -0.4 is 5.43 Å². The third-order valence-electron chi connectivity index (χ3n) is 5.31. The van der Waals surface area contributed by atoms with E-state index in [4.69, 9.17) is 4.74 Å². The lowest BCUT2D eigenvalue weighted by Crippen LogP contribution is -2.58. The number of aliphatic carboxylic acids is 1. The number of unbranched alkanes of at least 4 members (excludes halogenated alkanes) is 1. The van der Waals surface area contributed by atoms with Gasteiger partial charge in [-0.3, -0.25) is 4.79 Å². The van der Waals surface area contributed by atoms with E-state index in [-0.39, 0.29) is 22.6 Å². The van der Waals surface area contributed by atoms with Crippen LogP contribution in [0.3, 0.4) is 0 Å². The maximum Gasteiger partial charge on any atom is 0.354 e. The molecule has 154 valence electrons. The number of hydrogen-bond acceptors (Lipinski definition) is 7. The molecular formula is C19H26N2O6S. The molecule has 1 aromatic rings. The molecule has 1 heterocycles. The van der Waals surface area contributed by atoms with E-state index in [1.807, 2.05) is 6.92 Å². The van der Waals surface area contributed by atoms with E-state index in [2.05, 4.69) is 10.5 Å². The number of hydrazone groups is 1. The summed E-state index contributed by atoms with van der Waals surface area (Å²) in [6, 6.07) is 5.51. The van der Waals surface area contributed by atoms with Gasteiger partial charge in [-0.2, -0.15) is 5.10 Å². The number of esters is 1. The summed E-state index contributed by atoms with van der Waals surface area (Å²) < 4.78 is 29.6. The van der Waals surface area contributed by atoms with Crippen molar-refractivity contribution in [3.05, 3.63) is 29.8 Å². The van der Waals surface area contributed by atoms with Crippen molar-refractivity contribution in [2.24, 2.45) is 10.5 Å². The van der Waals surface area contributed by atoms with E-state index >= 15 is 0 Å². The van der Waals surface area contributed by atoms with Gasteiger partial charge in [-0.1, -0.05) is 38.0 Å². The first kappa shape index (κ1) is 21.9. The number of carbonyl (C=O) groups excluding carboxylic acids is 1. The maximum absolute atomic E-state index is 12.6. The summed E-state index contributed by atoms with van der Waals surface area (Å²) in [7, 11) is -2.50. The molecule has 0 amide bonds. The SMILES string of the molecule is CCCCC1(C(=O)O)C(C)NN=C(C(=O)OC)C1c1ccccc1S(C)(=O)=O. The molecule has 3 atom stereocenters. The maximum atomic E-state index is 12.6. The summed E-state index contributed by atoms with van der Waals surface area (Å²) in [4.78, 5) is 25.0. The molecule has 2 rings (SSSR count). The number of benzene rings is 1. The second-order valence-electron chi connectivity index (χ2n) is 7.03. The normalized spacial score (nSPS) is 24.8. The number of hydrogen-bond donors (Lipinski definition) is 2. The van der Waals surface area contributed by atoms with Gasteiger partial charge in [-0.15, -0.1) is 0 Å². The zero-order chi connectivity index (χ0) is 21.1. The highest BCUT2D eigenvalue weighted by Gasteiger charge is 2.56. The molecule has 0 saturated carbocycles. The van der Waals surface area contributed by atoms with Gasteiger partial charge in [0.15, 0.2) is 15.5 Å². The Hall–Kier alpha value is -2.42. The number of rotatable bonds is 7. The van der Waals surface area contributed by atoms with Crippen LogP contribution in [0.15, 0.2) is 34.3 Å². The Labute approximate surface area is 164 Å². The molecule has 1 aromatic carbocycles. The third kappa shape index (κ3) is 3.76. The summed E-state index contributed by atoms with van der Waals surface area (Å²) in [5.41, 5.74) is 1.37. The van der Waals surface area contributed by atoms with Gasteiger partial charge < -0.3 is 15.3 Å². The van der Waals surface area contributed by atoms with Gasteiger partial charge in [-0.25, -0.2) is 13.2 Å². The standard InChI is InChI=1S/C19H26N2O6S/c1-5-6-11-19(18(23)24)12(2)20-21-16(17(22)27-3)15(19)13-9-7-8-10-14(13)28(4,25)26/h7-10,12,15,20H,5-6,11H2,1-4H3,(H,23,24). The van der Waals surface area contributed by atoms with E-state index in [9.17, 15) is 23.1 Å². The van der Waals surface area contributed by atoms with E-state index in [1.54, 1.807) is 25.1 Å². The average Bonchev–Trinajstić information content (AvgIpc) is 2.65. The molecule has 1 aliphatic rings. The van der Waals surface area contributed by atoms with E-state index in [0.717, 1.165) is 12.7 Å². The molecule has 0 saturated heterocycles. The molecule has 0 spiro atoms. The molecule has 0 bridgehead atoms. The van der Waals surface area contributed by atoms with Crippen molar-refractivity contribution in [3.8, 4) is 0 Å². The monoisotopic (exact) mass is 410 g/mol. The lowest BCUT2D eigenvalue weighted by atomic mass is 9.62. The van der Waals surface area contributed by atoms with E-state index in [1.165, 1.54) is 13.2 Å². The molecule has 9 heteroatoms. The topological polar surface area (TPSA) is 122 Å². The van der Waals surface area contributed by atoms with Crippen LogP contribution in [0.5, 0.6) is 0 Å². The summed E-state index contributed by atoms with van der Waals surface area (Å²) in [6.45, 7) is 3.61. The molecular weight excluding hydrogens is 384 g/mol. The van der Waals surface area contributed by atoms with Crippen molar-refractivity contribution in [3.63, 3.8) is 0 Å². The summed E-state index contributed by atoms with van der Waals surface area (Å²) in [5.74, 6) is -2.99. The van der Waals surface area contributed by atoms with Gasteiger partial charge in [0.05, 0.1) is 24.0 Å². The first-order chi connectivity index (χ1) is 13.1. The third-order valence-corrected chi connectivity index (χ3v) is 6.48. The highest BCUT2D eigenvalue weighted by Crippen LogP contribution is 2.48. The highest BCUT2D eigenvalue weighted by molar-refractivity contribution is 7.90. The smallest absolute Gasteiger partial charge is 0.354 e. The minimum Gasteiger partial charge on any atom is -0.481 e. The number of carboxylic acid groups (broad SMARTS) is 1. The number of sulfone groups is 1. The fraction of sp³-hybridized carbons (Fsp3) is 0.526. The predicted octanol–water partition coefficient (Wildman–Crippen LogP) is 1.96. The number of carbonyl (C=O) groups is 2. The zero-order valence-corrected chi connectivity index (χ0v) is 17.2. The van der Waals surface area contributed by atoms with Crippen LogP contribution in [0.4, 0.5) is 0 Å². The van der Waals surface area contributed by atoms with Gasteiger partial charge in [-0.05, 0) is 25.0 Å². The Balaban J connectivity index is 2.87. The highest BCUT2D eigenvalue weighted by atomic mass is 32.2. The van der Waals surface area contributed by atoms with Crippen molar-refractivity contribution in [2.45, 2.75) is 50.0 Å². The van der Waals surface area contributed by atoms with Gasteiger partial charge in [0.2, 0.25) is 0 Å². The summed E-state index contributed by atoms with van der Waals surface area (Å²) >= 11 is 0. The summed E-state index contributed by atoms with van der Waals surface area (Å²) in [6.07, 6.45) is 2.63. The van der Waals surface area contributed by atoms with E-state index in [0.29, 0.717) is 6.42 Å². The lowest BCUT2D eigenvalue weighted by molar-refractivity contribution is -0.152. The minimum absolute atomic E-state index is 0.0205. The number of nitrogens with one attached hydrogen (secondary N) is 1. The van der Waals surface area contributed by atoms with Crippen LogP contribution in [0.1, 0.15) is 44.6 Å². The molecule has 3 unspecified atom stereocenters. The number of methoxy groups -OCH3 is 1. The predicted molar refractivity (Wildman–Crippen MR) is 104 cm³/mol. The number of carboxylic acids is 1. The zero-order valence-electron chi connectivity index (χ0n) is 16.4. The summed E-state index contributed by atoms with van der Waals surface area (Å²) in [5, 5.41) is 14.4. The Morgan fingerprint density at radius 2 is 1.96 bits per heavy atom. The quantitative estimate of drug-likeness (QED) is 0.659. The minimum atomic E-state index is -3.67. The Bertz CT molecular complexity index is 895. The van der Waals surface area contributed by atoms with Crippen LogP contribution in [-0.2, 0) is 24.2 Å². The first-order valence-electron chi connectivity index (χ1n) is 9.05. The molecule has 28 heavy (non-hydrogen) atoms. The molecule has 1 aliphatic heterocycles. The molecule has 0 radical (unpaired) electrons. The molecule has 0 aromatic heterocycles. The van der Waals surface area contributed by atoms with E-state index < -0.39 is 39.2 Å². The van der Waals surface area contributed by atoms with Gasteiger partial charge in [0.1, 0.15) is 5.41 Å². The average molecular weight is 410 g/mol. The fourth-order valence-electron chi connectivity index (χ4n) is 3.84. The van der Waals surface area contributed by atoms with Gasteiger partial charge in [0.25, 0.3) is 0 Å². The molecule has 0 aliphatic carbocycles. The van der Waals surface area contributed by atoms with Crippen LogP contribution in [0.2, 0.25) is 0 Å². The van der Waals surface area contributed by atoms with Crippen LogP contribution >= 0.6 is 0 Å². The van der Waals surface area contributed by atoms with Crippen molar-refractivity contribution < 1.29 is 27.9 Å². The fourth-order valence-corrected chi connectivity index (χ4v) is 4.78. The molecule has 0 fully saturated rings. The van der Waals surface area contributed by atoms with Crippen molar-refractivity contribution in [1.82, 2.24) is 5.43 Å². The Morgan fingerprint density at radius 1 is 1.32 bits per heavy atom. The Kier molecular flexibility index (Phi) is 6.48. The largest absolute Gasteiger partial charge is 0.481 e.